The number of carbonyl (C=O) groups is 7. The molecule has 2 N–H and O–H groups in total. The van der Waals surface area contributed by atoms with Crippen molar-refractivity contribution in [2.45, 2.75) is 137 Å². The largest absolute Gasteiger partial charge is 0.444 e. The first-order valence-electron chi connectivity index (χ1n) is 19.7. The molecule has 1 aliphatic carbocycles. The van der Waals surface area contributed by atoms with E-state index in [1.165, 1.54) is 10.5 Å². The third kappa shape index (κ3) is 11.1. The van der Waals surface area contributed by atoms with Gasteiger partial charge in [0, 0.05) is 44.2 Å². The van der Waals surface area contributed by atoms with Crippen LogP contribution in [0.3, 0.4) is 0 Å². The van der Waals surface area contributed by atoms with Crippen LogP contribution < -0.4 is 10.6 Å². The quantitative estimate of drug-likeness (QED) is 0.142. The van der Waals surface area contributed by atoms with Crippen molar-refractivity contribution in [3.8, 4) is 0 Å². The van der Waals surface area contributed by atoms with Crippen molar-refractivity contribution in [3.63, 3.8) is 0 Å². The molecule has 12 nitrogen and oxygen atoms in total. The molecule has 1 aromatic carbocycles. The first-order chi connectivity index (χ1) is 25.5. The molecule has 0 aromatic heterocycles. The molecule has 12 heteroatoms. The van der Waals surface area contributed by atoms with Gasteiger partial charge in [0.15, 0.2) is 17.3 Å². The van der Waals surface area contributed by atoms with E-state index < -0.39 is 70.9 Å². The van der Waals surface area contributed by atoms with Crippen LogP contribution >= 0.6 is 0 Å². The van der Waals surface area contributed by atoms with Crippen LogP contribution in [0.2, 0.25) is 0 Å². The van der Waals surface area contributed by atoms with E-state index >= 15 is 0 Å². The number of carbonyl (C=O) groups excluding carboxylic acids is 7. The molecule has 5 atom stereocenters. The lowest BCUT2D eigenvalue weighted by atomic mass is 9.84. The highest BCUT2D eigenvalue weighted by Crippen LogP contribution is 2.33. The van der Waals surface area contributed by atoms with Gasteiger partial charge in [0.25, 0.3) is 0 Å². The van der Waals surface area contributed by atoms with E-state index in [0.717, 1.165) is 24.8 Å². The first kappa shape index (κ1) is 42.4. The maximum atomic E-state index is 14.6. The molecule has 3 aliphatic rings. The van der Waals surface area contributed by atoms with Crippen molar-refractivity contribution < 1.29 is 38.3 Å². The Kier molecular flexibility index (Phi) is 14.8. The molecule has 2 aliphatic heterocycles. The van der Waals surface area contributed by atoms with Crippen LogP contribution in [0.1, 0.15) is 110 Å². The third-order valence-corrected chi connectivity index (χ3v) is 10.8. The van der Waals surface area contributed by atoms with E-state index in [1.807, 2.05) is 45.0 Å². The number of nitrogens with zero attached hydrogens (tertiary/aromatic N) is 2. The lowest BCUT2D eigenvalue weighted by molar-refractivity contribution is -0.143. The fourth-order valence-corrected chi connectivity index (χ4v) is 7.36. The normalized spacial score (nSPS) is 20.0. The number of unbranched alkanes of at least 4 members (excludes halogenated alkanes) is 1. The molecule has 4 amide bonds. The summed E-state index contributed by atoms with van der Waals surface area (Å²) in [5.74, 6) is -3.22. The van der Waals surface area contributed by atoms with Crippen molar-refractivity contribution in [3.05, 3.63) is 48.0 Å². The maximum absolute atomic E-state index is 14.6. The van der Waals surface area contributed by atoms with E-state index in [1.54, 1.807) is 31.7 Å². The highest BCUT2D eigenvalue weighted by Gasteiger charge is 2.47. The molecule has 0 bridgehead atoms. The van der Waals surface area contributed by atoms with Crippen LogP contribution in [0.4, 0.5) is 9.59 Å². The lowest BCUT2D eigenvalue weighted by Gasteiger charge is -2.36. The van der Waals surface area contributed by atoms with Crippen LogP contribution in [0.5, 0.6) is 0 Å². The summed E-state index contributed by atoms with van der Waals surface area (Å²) in [4.78, 5) is 97.8. The van der Waals surface area contributed by atoms with Crippen molar-refractivity contribution in [1.82, 2.24) is 20.4 Å². The van der Waals surface area contributed by atoms with Gasteiger partial charge in [-0.15, -0.1) is 6.58 Å². The zero-order valence-electron chi connectivity index (χ0n) is 33.0. The van der Waals surface area contributed by atoms with Gasteiger partial charge in [-0.25, -0.2) is 9.59 Å². The molecular weight excluding hydrogens is 688 g/mol. The number of nitrogens with one attached hydrogen (secondary N) is 2. The van der Waals surface area contributed by atoms with Crippen LogP contribution in [-0.2, 0) is 41.7 Å². The fourth-order valence-electron chi connectivity index (χ4n) is 7.36. The highest BCUT2D eigenvalue weighted by atomic mass is 16.6. The smallest absolute Gasteiger partial charge is 0.410 e. The van der Waals surface area contributed by atoms with Gasteiger partial charge in [-0.3, -0.25) is 24.0 Å². The average molecular weight is 749 g/mol. The van der Waals surface area contributed by atoms with E-state index in [-0.39, 0.29) is 43.4 Å². The van der Waals surface area contributed by atoms with Crippen LogP contribution in [0.25, 0.3) is 0 Å². The zero-order chi connectivity index (χ0) is 39.7. The Morgan fingerprint density at radius 1 is 1.02 bits per heavy atom. The number of hydrogen-bond donors (Lipinski definition) is 2. The fraction of sp³-hybridized carbons (Fsp3) is 0.643. The summed E-state index contributed by atoms with van der Waals surface area (Å²) in [6.07, 6.45) is 4.31. The van der Waals surface area contributed by atoms with E-state index in [0.29, 0.717) is 38.8 Å². The monoisotopic (exact) mass is 748 g/mol. The summed E-state index contributed by atoms with van der Waals surface area (Å²) in [5, 5.41) is 5.60. The zero-order valence-corrected chi connectivity index (χ0v) is 33.0. The topological polar surface area (TPSA) is 159 Å². The van der Waals surface area contributed by atoms with Crippen molar-refractivity contribution >= 4 is 41.2 Å². The second-order valence-electron chi connectivity index (χ2n) is 16.6. The van der Waals surface area contributed by atoms with Crippen molar-refractivity contribution in [2.24, 2.45) is 23.2 Å². The van der Waals surface area contributed by atoms with Crippen LogP contribution in [-0.4, -0.2) is 88.3 Å². The lowest BCUT2D eigenvalue weighted by Crippen LogP contribution is -2.60. The summed E-state index contributed by atoms with van der Waals surface area (Å²) in [5.41, 5.74) is 1.36. The van der Waals surface area contributed by atoms with Gasteiger partial charge < -0.3 is 25.2 Å². The standard InChI is InChI=1S/C42H60N4O8/c1-8-10-14-29(36(49)33(47)17-11-9-2)22-34(48)32-23-31(54-41(53)45-21-20-27-15-12-13-16-30(27)24-45)25-46(32)39(51)38(42(5,6)7)44-40(52)43-35(26(3)4)37(50)28-18-19-28/h9,12-13,15-16,26,28-29,31-32,35,38H,2,8,10-11,14,17-25H2,1,3-7H3,(H2,43,44,52)/t29?,31-,32+,35+,38-/m1/s1. The number of fused-ring (bicyclic) bond motifs is 1. The molecule has 1 saturated carbocycles. The number of ketones is 4. The minimum absolute atomic E-state index is 0.00815. The number of allylic oxidation sites excluding steroid dienone is 1. The van der Waals surface area contributed by atoms with Crippen molar-refractivity contribution in [2.75, 3.05) is 13.1 Å². The number of urea groups is 1. The minimum Gasteiger partial charge on any atom is -0.444 e. The molecule has 0 spiro atoms. The summed E-state index contributed by atoms with van der Waals surface area (Å²) in [6.45, 7) is 15.4. The third-order valence-electron chi connectivity index (χ3n) is 10.8. The van der Waals surface area contributed by atoms with Gasteiger partial charge in [0.2, 0.25) is 11.7 Å². The molecule has 0 radical (unpaired) electrons. The van der Waals surface area contributed by atoms with Gasteiger partial charge in [0.1, 0.15) is 12.1 Å². The van der Waals surface area contributed by atoms with Gasteiger partial charge in [-0.05, 0) is 54.6 Å². The summed E-state index contributed by atoms with van der Waals surface area (Å²) in [6, 6.07) is 4.32. The maximum Gasteiger partial charge on any atom is 0.410 e. The van der Waals surface area contributed by atoms with E-state index in [9.17, 15) is 33.6 Å². The number of amides is 4. The SMILES string of the molecule is C=CCCC(=O)C(=O)C(CCCC)CC(=O)[C@@H]1C[C@@H](OC(=O)N2CCc3ccccc3C2)CN1C(=O)[C@@H](NC(=O)N[C@H](C(=O)C1CC1)C(C)C)C(C)(C)C. The molecule has 2 heterocycles. The number of ether oxygens (including phenoxy) is 1. The molecular formula is C42H60N4O8. The Labute approximate surface area is 320 Å². The summed E-state index contributed by atoms with van der Waals surface area (Å²) >= 11 is 0. The average Bonchev–Trinajstić information content (AvgIpc) is 3.91. The second-order valence-corrected chi connectivity index (χ2v) is 16.6. The van der Waals surface area contributed by atoms with Crippen LogP contribution in [0.15, 0.2) is 36.9 Å². The first-order valence-corrected chi connectivity index (χ1v) is 19.7. The molecule has 296 valence electrons. The van der Waals surface area contributed by atoms with Crippen LogP contribution in [0, 0.1) is 23.2 Å². The highest BCUT2D eigenvalue weighted by molar-refractivity contribution is 6.38. The summed E-state index contributed by atoms with van der Waals surface area (Å²) in [7, 11) is 0. The van der Waals surface area contributed by atoms with E-state index in [2.05, 4.69) is 17.2 Å². The van der Waals surface area contributed by atoms with Crippen molar-refractivity contribution in [1.29, 1.82) is 0 Å². The molecule has 1 unspecified atom stereocenters. The molecule has 1 aromatic rings. The predicted octanol–water partition coefficient (Wildman–Crippen LogP) is 5.74. The number of hydrogen-bond acceptors (Lipinski definition) is 8. The Morgan fingerprint density at radius 2 is 1.70 bits per heavy atom. The minimum atomic E-state index is -1.12. The Morgan fingerprint density at radius 3 is 2.31 bits per heavy atom. The number of likely N-dealkylation sites (tertiary alicyclic amines) is 1. The predicted molar refractivity (Wildman–Crippen MR) is 204 cm³/mol. The number of benzene rings is 1. The number of Topliss-reactive ketones (excluding diaryl/α,β-unsaturated/α-hetero) is 4. The Balaban J connectivity index is 1.57. The Hall–Kier alpha value is -4.35. The summed E-state index contributed by atoms with van der Waals surface area (Å²) < 4.78 is 5.98. The van der Waals surface area contributed by atoms with Gasteiger partial charge in [-0.1, -0.05) is 84.7 Å². The number of rotatable bonds is 18. The van der Waals surface area contributed by atoms with Gasteiger partial charge in [-0.2, -0.15) is 0 Å². The van der Waals surface area contributed by atoms with Gasteiger partial charge in [0.05, 0.1) is 18.6 Å². The second kappa shape index (κ2) is 18.8. The van der Waals surface area contributed by atoms with E-state index in [4.69, 9.17) is 4.74 Å². The molecule has 54 heavy (non-hydrogen) atoms. The Bertz CT molecular complexity index is 1580. The van der Waals surface area contributed by atoms with Gasteiger partial charge >= 0.3 is 12.1 Å². The molecule has 4 rings (SSSR count). The molecule has 2 fully saturated rings. The molecule has 1 saturated heterocycles.